The number of hydrogen-bond donors (Lipinski definition) is 3. The highest BCUT2D eigenvalue weighted by Crippen LogP contribution is 2.25. The molecule has 1 aliphatic rings. The van der Waals surface area contributed by atoms with E-state index in [9.17, 15) is 14.4 Å². The van der Waals surface area contributed by atoms with Crippen LogP contribution in [0.25, 0.3) is 10.9 Å². The molecule has 1 fully saturated rings. The number of rotatable bonds is 4. The van der Waals surface area contributed by atoms with E-state index in [0.29, 0.717) is 29.6 Å². The molecule has 1 atom stereocenters. The second-order valence-corrected chi connectivity index (χ2v) is 5.49. The molecule has 3 N–H and O–H groups in total. The van der Waals surface area contributed by atoms with E-state index in [1.54, 1.807) is 13.2 Å². The third-order valence-corrected chi connectivity index (χ3v) is 4.00. The topological polar surface area (TPSA) is 105 Å². The maximum Gasteiger partial charge on any atom is 0.275 e. The summed E-state index contributed by atoms with van der Waals surface area (Å²) in [5.41, 5.74) is 1.23. The van der Waals surface area contributed by atoms with Crippen molar-refractivity contribution in [2.75, 3.05) is 14.2 Å². The molecule has 0 bridgehead atoms. The first kappa shape index (κ1) is 15.3. The number of hydrogen-bond acceptors (Lipinski definition) is 5. The average molecular weight is 318 g/mol. The largest absolute Gasteiger partial charge is 0.496 e. The summed E-state index contributed by atoms with van der Waals surface area (Å²) in [7, 11) is 3.37. The fourth-order valence-electron chi connectivity index (χ4n) is 2.87. The van der Waals surface area contributed by atoms with Crippen LogP contribution in [0.2, 0.25) is 0 Å². The summed E-state index contributed by atoms with van der Waals surface area (Å²) in [6, 6.07) is 2.80. The van der Waals surface area contributed by atoms with Gasteiger partial charge in [-0.1, -0.05) is 0 Å². The van der Waals surface area contributed by atoms with Gasteiger partial charge in [0, 0.05) is 18.5 Å². The van der Waals surface area contributed by atoms with Gasteiger partial charge < -0.3 is 10.1 Å². The molecule has 1 aromatic heterocycles. The van der Waals surface area contributed by atoms with Gasteiger partial charge in [-0.25, -0.2) is 4.68 Å². The molecule has 8 heteroatoms. The van der Waals surface area contributed by atoms with Crippen molar-refractivity contribution in [3.05, 3.63) is 28.0 Å². The fourth-order valence-corrected chi connectivity index (χ4v) is 2.87. The van der Waals surface area contributed by atoms with Gasteiger partial charge in [0.2, 0.25) is 5.91 Å². The summed E-state index contributed by atoms with van der Waals surface area (Å²) in [6.45, 7) is 0.588. The Bertz CT molecular complexity index is 836. The van der Waals surface area contributed by atoms with E-state index in [1.807, 2.05) is 13.1 Å². The number of carbonyl (C=O) groups is 2. The summed E-state index contributed by atoms with van der Waals surface area (Å²) < 4.78 is 6.61. The van der Waals surface area contributed by atoms with Crippen molar-refractivity contribution in [1.29, 1.82) is 0 Å². The first-order valence-electron chi connectivity index (χ1n) is 7.34. The Morgan fingerprint density at radius 3 is 2.78 bits per heavy atom. The minimum absolute atomic E-state index is 0.215. The number of aromatic nitrogens is 2. The number of aromatic amines is 1. The fraction of sp³-hybridized carbons (Fsp3) is 0.400. The molecule has 0 spiro atoms. The molecule has 2 heterocycles. The molecule has 1 unspecified atom stereocenters. The van der Waals surface area contributed by atoms with Crippen LogP contribution in [0, 0.1) is 0 Å². The van der Waals surface area contributed by atoms with Crippen molar-refractivity contribution in [2.24, 2.45) is 0 Å². The Kier molecular flexibility index (Phi) is 3.91. The van der Waals surface area contributed by atoms with E-state index in [4.69, 9.17) is 4.74 Å². The van der Waals surface area contributed by atoms with Crippen molar-refractivity contribution < 1.29 is 14.3 Å². The normalized spacial score (nSPS) is 18.3. The number of benzene rings is 1. The lowest BCUT2D eigenvalue weighted by Crippen LogP contribution is -2.44. The molecule has 2 aromatic rings. The summed E-state index contributed by atoms with van der Waals surface area (Å²) in [4.78, 5) is 35.8. The van der Waals surface area contributed by atoms with Gasteiger partial charge in [-0.05, 0) is 25.6 Å². The molecule has 0 radical (unpaired) electrons. The molecule has 0 aliphatic carbocycles. The van der Waals surface area contributed by atoms with Crippen molar-refractivity contribution in [3.63, 3.8) is 0 Å². The zero-order valence-corrected chi connectivity index (χ0v) is 12.9. The average Bonchev–Trinajstić information content (AvgIpc) is 2.83. The summed E-state index contributed by atoms with van der Waals surface area (Å²) >= 11 is 0. The number of H-pyrrole nitrogens is 1. The molecule has 3 rings (SSSR count). The number of fused-ring (bicyclic) bond motifs is 1. The monoisotopic (exact) mass is 318 g/mol. The second kappa shape index (κ2) is 5.88. The van der Waals surface area contributed by atoms with Crippen LogP contribution in [0.4, 0.5) is 0 Å². The number of nitrogens with zero attached hydrogens (tertiary/aromatic N) is 1. The summed E-state index contributed by atoms with van der Waals surface area (Å²) in [6.07, 6.45) is 0.518. The van der Waals surface area contributed by atoms with Crippen LogP contribution >= 0.6 is 0 Å². The Hall–Kier alpha value is -2.61. The van der Waals surface area contributed by atoms with Gasteiger partial charge in [0.05, 0.1) is 18.0 Å². The highest BCUT2D eigenvalue weighted by atomic mass is 16.5. The SMILES string of the molecule is CNCc1cc2[nH]n(C3CCC(=O)NC3=O)c(=O)c2cc1OC. The summed E-state index contributed by atoms with van der Waals surface area (Å²) in [5.74, 6) is -0.163. The Morgan fingerprint density at radius 2 is 2.13 bits per heavy atom. The number of ether oxygens (including phenoxy) is 1. The molecule has 23 heavy (non-hydrogen) atoms. The third kappa shape index (κ3) is 2.61. The lowest BCUT2D eigenvalue weighted by molar-refractivity contribution is -0.136. The van der Waals surface area contributed by atoms with Crippen LogP contribution in [0.1, 0.15) is 24.4 Å². The van der Waals surface area contributed by atoms with Gasteiger partial charge >= 0.3 is 0 Å². The number of carbonyl (C=O) groups excluding carboxylic acids is 2. The number of methoxy groups -OCH3 is 1. The minimum atomic E-state index is -0.702. The zero-order chi connectivity index (χ0) is 16.6. The predicted molar refractivity (Wildman–Crippen MR) is 83.3 cm³/mol. The van der Waals surface area contributed by atoms with Gasteiger partial charge in [0.15, 0.2) is 0 Å². The van der Waals surface area contributed by atoms with E-state index in [2.05, 4.69) is 15.7 Å². The minimum Gasteiger partial charge on any atom is -0.496 e. The molecular weight excluding hydrogens is 300 g/mol. The van der Waals surface area contributed by atoms with Crippen molar-refractivity contribution in [3.8, 4) is 5.75 Å². The van der Waals surface area contributed by atoms with Gasteiger partial charge in [-0.2, -0.15) is 0 Å². The Balaban J connectivity index is 2.09. The quantitative estimate of drug-likeness (QED) is 0.690. The molecule has 8 nitrogen and oxygen atoms in total. The molecule has 0 saturated carbocycles. The maximum absolute atomic E-state index is 12.6. The van der Waals surface area contributed by atoms with E-state index in [1.165, 1.54) is 4.68 Å². The van der Waals surface area contributed by atoms with Crippen LogP contribution in [0.3, 0.4) is 0 Å². The van der Waals surface area contributed by atoms with E-state index in [0.717, 1.165) is 5.56 Å². The molecule has 1 saturated heterocycles. The van der Waals surface area contributed by atoms with Crippen LogP contribution in [0.5, 0.6) is 5.75 Å². The molecular formula is C15H18N4O4. The van der Waals surface area contributed by atoms with Gasteiger partial charge in [-0.3, -0.25) is 24.8 Å². The Morgan fingerprint density at radius 1 is 1.35 bits per heavy atom. The first-order valence-corrected chi connectivity index (χ1v) is 7.34. The first-order chi connectivity index (χ1) is 11.0. The predicted octanol–water partition coefficient (Wildman–Crippen LogP) is 0.0353. The molecule has 2 amide bonds. The number of imide groups is 1. The van der Waals surface area contributed by atoms with Crippen LogP contribution in [-0.4, -0.2) is 35.8 Å². The highest BCUT2D eigenvalue weighted by Gasteiger charge is 2.30. The lowest BCUT2D eigenvalue weighted by atomic mass is 10.1. The molecule has 1 aliphatic heterocycles. The van der Waals surface area contributed by atoms with Gasteiger partial charge in [0.1, 0.15) is 11.8 Å². The van der Waals surface area contributed by atoms with Crippen molar-refractivity contribution >= 4 is 22.7 Å². The van der Waals surface area contributed by atoms with Crippen molar-refractivity contribution in [2.45, 2.75) is 25.4 Å². The van der Waals surface area contributed by atoms with E-state index in [-0.39, 0.29) is 17.9 Å². The second-order valence-electron chi connectivity index (χ2n) is 5.49. The van der Waals surface area contributed by atoms with Gasteiger partial charge in [0.25, 0.3) is 11.5 Å². The highest BCUT2D eigenvalue weighted by molar-refractivity contribution is 5.99. The lowest BCUT2D eigenvalue weighted by Gasteiger charge is -2.20. The van der Waals surface area contributed by atoms with E-state index < -0.39 is 11.9 Å². The number of nitrogens with one attached hydrogen (secondary N) is 3. The van der Waals surface area contributed by atoms with Crippen molar-refractivity contribution in [1.82, 2.24) is 20.4 Å². The van der Waals surface area contributed by atoms with Crippen LogP contribution in [0.15, 0.2) is 16.9 Å². The molecule has 1 aromatic carbocycles. The summed E-state index contributed by atoms with van der Waals surface area (Å²) in [5, 5.41) is 8.73. The maximum atomic E-state index is 12.6. The zero-order valence-electron chi connectivity index (χ0n) is 12.9. The Labute approximate surface area is 131 Å². The van der Waals surface area contributed by atoms with Crippen LogP contribution < -0.4 is 20.9 Å². The molecule has 122 valence electrons. The van der Waals surface area contributed by atoms with Crippen LogP contribution in [-0.2, 0) is 16.1 Å². The standard InChI is InChI=1S/C15H18N4O4/c1-16-7-8-5-10-9(6-12(8)23-2)15(22)19(18-10)11-3-4-13(20)17-14(11)21/h5-6,11,16,18H,3-4,7H2,1-2H3,(H,17,20,21). The number of piperidine rings is 1. The number of amides is 2. The van der Waals surface area contributed by atoms with Gasteiger partial charge in [-0.15, -0.1) is 0 Å². The van der Waals surface area contributed by atoms with E-state index >= 15 is 0 Å². The third-order valence-electron chi connectivity index (χ3n) is 4.00. The smallest absolute Gasteiger partial charge is 0.275 e.